The molecular weight excluding hydrogens is 364 g/mol. The Balaban J connectivity index is 1.58. The lowest BCUT2D eigenvalue weighted by Gasteiger charge is -2.23. The van der Waals surface area contributed by atoms with E-state index in [-0.39, 0.29) is 5.91 Å². The summed E-state index contributed by atoms with van der Waals surface area (Å²) in [7, 11) is 2.01. The molecule has 0 spiro atoms. The van der Waals surface area contributed by atoms with Crippen LogP contribution in [0.1, 0.15) is 20.9 Å². The minimum absolute atomic E-state index is 0.0502. The van der Waals surface area contributed by atoms with E-state index < -0.39 is 0 Å². The van der Waals surface area contributed by atoms with Gasteiger partial charge in [0.1, 0.15) is 0 Å². The van der Waals surface area contributed by atoms with Gasteiger partial charge in [0.25, 0.3) is 5.91 Å². The Kier molecular flexibility index (Phi) is 5.40. The molecule has 0 saturated carbocycles. The molecule has 0 saturated heterocycles. The van der Waals surface area contributed by atoms with Crippen molar-refractivity contribution in [3.8, 4) is 11.1 Å². The second kappa shape index (κ2) is 8.28. The number of carbonyl (C=O) groups is 1. The second-order valence-corrected chi connectivity index (χ2v) is 7.83. The van der Waals surface area contributed by atoms with Crippen LogP contribution >= 0.6 is 11.3 Å². The number of hydrogen-bond acceptors (Lipinski definition) is 2. The molecule has 0 atom stereocenters. The maximum Gasteiger partial charge on any atom is 0.254 e. The van der Waals surface area contributed by atoms with Crippen LogP contribution in [0.4, 0.5) is 0 Å². The van der Waals surface area contributed by atoms with E-state index in [0.29, 0.717) is 18.7 Å². The highest BCUT2D eigenvalue weighted by Crippen LogP contribution is 2.22. The molecule has 3 nitrogen and oxygen atoms in total. The number of thiophene rings is 1. The summed E-state index contributed by atoms with van der Waals surface area (Å²) in [6.45, 7) is 1.20. The SMILES string of the molecule is Cn1cccc1CN(Cc1cccs1)C(=O)c1ccc(-c2ccccc2)cc1. The minimum Gasteiger partial charge on any atom is -0.353 e. The maximum absolute atomic E-state index is 13.3. The Morgan fingerprint density at radius 3 is 2.25 bits per heavy atom. The molecule has 0 unspecified atom stereocenters. The lowest BCUT2D eigenvalue weighted by Crippen LogP contribution is -2.30. The summed E-state index contributed by atoms with van der Waals surface area (Å²) in [5, 5.41) is 2.05. The first-order valence-corrected chi connectivity index (χ1v) is 10.2. The summed E-state index contributed by atoms with van der Waals surface area (Å²) in [4.78, 5) is 16.4. The number of aryl methyl sites for hydroxylation is 1. The van der Waals surface area contributed by atoms with Gasteiger partial charge >= 0.3 is 0 Å². The lowest BCUT2D eigenvalue weighted by molar-refractivity contribution is 0.0728. The Labute approximate surface area is 169 Å². The van der Waals surface area contributed by atoms with E-state index in [1.807, 2.05) is 72.7 Å². The molecule has 0 fully saturated rings. The number of nitrogens with zero attached hydrogens (tertiary/aromatic N) is 2. The molecule has 0 aliphatic rings. The summed E-state index contributed by atoms with van der Waals surface area (Å²) >= 11 is 1.68. The Morgan fingerprint density at radius 1 is 0.857 bits per heavy atom. The van der Waals surface area contributed by atoms with Crippen molar-refractivity contribution >= 4 is 17.2 Å². The van der Waals surface area contributed by atoms with Crippen LogP contribution in [-0.4, -0.2) is 15.4 Å². The van der Waals surface area contributed by atoms with Crippen LogP contribution in [-0.2, 0) is 20.1 Å². The number of aromatic nitrogens is 1. The van der Waals surface area contributed by atoms with E-state index in [1.54, 1.807) is 11.3 Å². The predicted octanol–water partition coefficient (Wildman–Crippen LogP) is 5.60. The third kappa shape index (κ3) is 4.07. The molecule has 2 aromatic carbocycles. The van der Waals surface area contributed by atoms with Gasteiger partial charge in [-0.2, -0.15) is 0 Å². The van der Waals surface area contributed by atoms with Gasteiger partial charge < -0.3 is 9.47 Å². The fourth-order valence-electron chi connectivity index (χ4n) is 3.26. The summed E-state index contributed by atoms with van der Waals surface area (Å²) in [6, 6.07) is 26.3. The van der Waals surface area contributed by atoms with Crippen molar-refractivity contribution in [2.75, 3.05) is 0 Å². The van der Waals surface area contributed by atoms with E-state index in [0.717, 1.165) is 16.8 Å². The van der Waals surface area contributed by atoms with Gasteiger partial charge in [-0.3, -0.25) is 4.79 Å². The van der Waals surface area contributed by atoms with Crippen LogP contribution in [0.15, 0.2) is 90.4 Å². The highest BCUT2D eigenvalue weighted by Gasteiger charge is 2.18. The topological polar surface area (TPSA) is 25.2 Å². The second-order valence-electron chi connectivity index (χ2n) is 6.79. The molecule has 2 heterocycles. The number of rotatable bonds is 6. The molecule has 1 amide bonds. The van der Waals surface area contributed by atoms with Crippen LogP contribution < -0.4 is 0 Å². The summed E-state index contributed by atoms with van der Waals surface area (Å²) < 4.78 is 2.06. The highest BCUT2D eigenvalue weighted by atomic mass is 32.1. The number of benzene rings is 2. The first-order chi connectivity index (χ1) is 13.7. The van der Waals surface area contributed by atoms with Gasteiger partial charge in [-0.25, -0.2) is 0 Å². The van der Waals surface area contributed by atoms with Crippen molar-refractivity contribution < 1.29 is 4.79 Å². The molecular formula is C24H22N2OS. The monoisotopic (exact) mass is 386 g/mol. The third-order valence-electron chi connectivity index (χ3n) is 4.86. The Hall–Kier alpha value is -3.11. The van der Waals surface area contributed by atoms with E-state index in [9.17, 15) is 4.79 Å². The van der Waals surface area contributed by atoms with Gasteiger partial charge in [-0.15, -0.1) is 11.3 Å². The molecule has 0 radical (unpaired) electrons. The molecule has 0 aliphatic heterocycles. The smallest absolute Gasteiger partial charge is 0.254 e. The zero-order valence-corrected chi connectivity index (χ0v) is 16.6. The number of amides is 1. The molecule has 4 aromatic rings. The summed E-state index contributed by atoms with van der Waals surface area (Å²) in [5.74, 6) is 0.0502. The van der Waals surface area contributed by atoms with Crippen LogP contribution in [0, 0.1) is 0 Å². The van der Waals surface area contributed by atoms with Gasteiger partial charge in [-0.05, 0) is 46.8 Å². The predicted molar refractivity (Wildman–Crippen MR) is 115 cm³/mol. The zero-order chi connectivity index (χ0) is 19.3. The van der Waals surface area contributed by atoms with Gasteiger partial charge in [0.05, 0.1) is 13.1 Å². The van der Waals surface area contributed by atoms with Crippen LogP contribution in [0.5, 0.6) is 0 Å². The molecule has 0 bridgehead atoms. The van der Waals surface area contributed by atoms with Gasteiger partial charge in [-0.1, -0.05) is 48.5 Å². The highest BCUT2D eigenvalue weighted by molar-refractivity contribution is 7.09. The number of hydrogen-bond donors (Lipinski definition) is 0. The van der Waals surface area contributed by atoms with Gasteiger partial charge in [0.2, 0.25) is 0 Å². The van der Waals surface area contributed by atoms with Crippen molar-refractivity contribution in [1.29, 1.82) is 0 Å². The van der Waals surface area contributed by atoms with Crippen molar-refractivity contribution in [1.82, 2.24) is 9.47 Å². The van der Waals surface area contributed by atoms with Crippen LogP contribution in [0.3, 0.4) is 0 Å². The molecule has 140 valence electrons. The first kappa shape index (κ1) is 18.3. The zero-order valence-electron chi connectivity index (χ0n) is 15.8. The Morgan fingerprint density at radius 2 is 1.61 bits per heavy atom. The van der Waals surface area contributed by atoms with E-state index in [1.165, 1.54) is 4.88 Å². The maximum atomic E-state index is 13.3. The molecule has 28 heavy (non-hydrogen) atoms. The molecule has 4 heteroatoms. The van der Waals surface area contributed by atoms with Gasteiger partial charge in [0.15, 0.2) is 0 Å². The van der Waals surface area contributed by atoms with E-state index >= 15 is 0 Å². The first-order valence-electron chi connectivity index (χ1n) is 9.28. The standard InChI is InChI=1S/C24H22N2OS/c1-25-15-5-9-22(25)17-26(18-23-10-6-16-28-23)24(27)21-13-11-20(12-14-21)19-7-3-2-4-8-19/h2-16H,17-18H2,1H3. The molecule has 2 aromatic heterocycles. The summed E-state index contributed by atoms with van der Waals surface area (Å²) in [6.07, 6.45) is 2.01. The summed E-state index contributed by atoms with van der Waals surface area (Å²) in [5.41, 5.74) is 4.10. The van der Waals surface area contributed by atoms with Crippen LogP contribution in [0.2, 0.25) is 0 Å². The van der Waals surface area contributed by atoms with Gasteiger partial charge in [0, 0.05) is 29.4 Å². The Bertz CT molecular complexity index is 1030. The third-order valence-corrected chi connectivity index (χ3v) is 5.72. The van der Waals surface area contributed by atoms with Crippen molar-refractivity contribution in [2.45, 2.75) is 13.1 Å². The average Bonchev–Trinajstić information content (AvgIpc) is 3.40. The quantitative estimate of drug-likeness (QED) is 0.424. The lowest BCUT2D eigenvalue weighted by atomic mass is 10.0. The molecule has 0 aliphatic carbocycles. The molecule has 0 N–H and O–H groups in total. The minimum atomic E-state index is 0.0502. The van der Waals surface area contributed by atoms with E-state index in [4.69, 9.17) is 0 Å². The van der Waals surface area contributed by atoms with Crippen LogP contribution in [0.25, 0.3) is 11.1 Å². The average molecular weight is 387 g/mol. The largest absolute Gasteiger partial charge is 0.353 e. The van der Waals surface area contributed by atoms with E-state index in [2.05, 4.69) is 34.2 Å². The van der Waals surface area contributed by atoms with Crippen molar-refractivity contribution in [3.05, 3.63) is 107 Å². The van der Waals surface area contributed by atoms with Crippen molar-refractivity contribution in [3.63, 3.8) is 0 Å². The fourth-order valence-corrected chi connectivity index (χ4v) is 3.98. The van der Waals surface area contributed by atoms with Crippen molar-refractivity contribution in [2.24, 2.45) is 7.05 Å². The normalized spacial score (nSPS) is 10.8. The molecule has 4 rings (SSSR count). The number of carbonyl (C=O) groups excluding carboxylic acids is 1. The fraction of sp³-hybridized carbons (Fsp3) is 0.125.